The lowest BCUT2D eigenvalue weighted by Crippen LogP contribution is -2.27. The van der Waals surface area contributed by atoms with Crippen LogP contribution in [0.25, 0.3) is 32.9 Å². The van der Waals surface area contributed by atoms with Crippen LogP contribution >= 0.6 is 0 Å². The molecule has 1 aliphatic carbocycles. The van der Waals surface area contributed by atoms with Crippen LogP contribution in [0, 0.1) is 6.92 Å². The molecule has 1 saturated carbocycles. The fraction of sp³-hybridized carbons (Fsp3) is 0.441. The molecule has 0 N–H and O–H groups in total. The highest BCUT2D eigenvalue weighted by atomic mass is 16.5. The van der Waals surface area contributed by atoms with Crippen molar-refractivity contribution in [2.24, 2.45) is 0 Å². The number of ether oxygens (including phenoxy) is 2. The average molecular weight is 523 g/mol. The zero-order valence-corrected chi connectivity index (χ0v) is 23.8. The highest BCUT2D eigenvalue weighted by molar-refractivity contribution is 6.08. The number of Topliss-reactive ketones (excluding diaryl/α,β-unsaturated/α-hetero) is 1. The van der Waals surface area contributed by atoms with Crippen molar-refractivity contribution in [3.63, 3.8) is 0 Å². The zero-order chi connectivity index (χ0) is 27.3. The number of rotatable bonds is 5. The number of pyridine rings is 2. The Hall–Kier alpha value is -3.31. The first-order chi connectivity index (χ1) is 18.7. The van der Waals surface area contributed by atoms with E-state index < -0.39 is 11.7 Å². The maximum Gasteiger partial charge on any atom is 0.163 e. The molecule has 0 unspecified atom stereocenters. The number of aryl methyl sites for hydroxylation is 1. The second-order valence-corrected chi connectivity index (χ2v) is 12.2. The monoisotopic (exact) mass is 522 g/mol. The summed E-state index contributed by atoms with van der Waals surface area (Å²) in [6.07, 6.45) is 8.30. The van der Waals surface area contributed by atoms with Crippen LogP contribution in [0.4, 0.5) is 0 Å². The maximum atomic E-state index is 13.2. The number of hydrogen-bond acceptors (Lipinski definition) is 5. The highest BCUT2D eigenvalue weighted by Crippen LogP contribution is 2.45. The van der Waals surface area contributed by atoms with Crippen LogP contribution in [-0.4, -0.2) is 28.0 Å². The van der Waals surface area contributed by atoms with E-state index in [2.05, 4.69) is 43.3 Å². The number of carbonyl (C=O) groups is 1. The first-order valence-corrected chi connectivity index (χ1v) is 14.4. The predicted molar refractivity (Wildman–Crippen MR) is 157 cm³/mol. The van der Waals surface area contributed by atoms with Gasteiger partial charge in [0, 0.05) is 40.6 Å². The first-order valence-electron chi connectivity index (χ1n) is 14.4. The molecule has 1 fully saturated rings. The molecule has 5 heteroatoms. The van der Waals surface area contributed by atoms with Crippen LogP contribution in [0.3, 0.4) is 0 Å². The lowest BCUT2D eigenvalue weighted by Gasteiger charge is -2.30. The molecular formula is C34H38N2O3. The molecule has 0 amide bonds. The summed E-state index contributed by atoms with van der Waals surface area (Å²) in [5.41, 5.74) is 7.66. The Balaban J connectivity index is 1.66. The van der Waals surface area contributed by atoms with Gasteiger partial charge in [0.15, 0.2) is 5.78 Å². The van der Waals surface area contributed by atoms with E-state index in [-0.39, 0.29) is 5.78 Å². The Morgan fingerprint density at radius 1 is 1.08 bits per heavy atom. The molecule has 2 aromatic carbocycles. The molecule has 202 valence electrons. The van der Waals surface area contributed by atoms with E-state index in [0.717, 1.165) is 56.2 Å². The third-order valence-electron chi connectivity index (χ3n) is 8.23. The second-order valence-electron chi connectivity index (χ2n) is 12.2. The van der Waals surface area contributed by atoms with E-state index in [9.17, 15) is 4.79 Å². The lowest BCUT2D eigenvalue weighted by molar-refractivity contribution is -0.138. The molecule has 0 saturated heterocycles. The highest BCUT2D eigenvalue weighted by Gasteiger charge is 2.31. The molecule has 2 aromatic heterocycles. The number of benzene rings is 2. The zero-order valence-electron chi connectivity index (χ0n) is 23.8. The molecule has 1 atom stereocenters. The Bertz CT molecular complexity index is 1570. The van der Waals surface area contributed by atoms with Gasteiger partial charge in [-0.25, -0.2) is 0 Å². The fourth-order valence-corrected chi connectivity index (χ4v) is 6.49. The lowest BCUT2D eigenvalue weighted by atomic mass is 9.84. The molecule has 39 heavy (non-hydrogen) atoms. The normalized spacial score (nSPS) is 16.8. The Labute approximate surface area is 231 Å². The van der Waals surface area contributed by atoms with Crippen molar-refractivity contribution in [3.05, 3.63) is 65.0 Å². The molecule has 0 spiro atoms. The van der Waals surface area contributed by atoms with Gasteiger partial charge in [0.05, 0.1) is 23.2 Å². The molecule has 5 nitrogen and oxygen atoms in total. The molecule has 2 aliphatic rings. The minimum atomic E-state index is -0.704. The number of fused-ring (bicyclic) bond motifs is 1. The van der Waals surface area contributed by atoms with Crippen molar-refractivity contribution in [2.45, 2.75) is 90.8 Å². The number of nitrogens with zero attached hydrogens (tertiary/aromatic N) is 2. The third-order valence-corrected chi connectivity index (χ3v) is 8.23. The summed E-state index contributed by atoms with van der Waals surface area (Å²) >= 11 is 0. The SMILES string of the molecule is CC(=O)[C@@H](OC(C)(C)C)c1c(C)cc2nc(C3CCCCC3)ccc2c1-c1ccc2c3c(ccnc13)CCO2. The van der Waals surface area contributed by atoms with Gasteiger partial charge >= 0.3 is 0 Å². The topological polar surface area (TPSA) is 61.3 Å². The predicted octanol–water partition coefficient (Wildman–Crippen LogP) is 8.19. The fourth-order valence-electron chi connectivity index (χ4n) is 6.49. The van der Waals surface area contributed by atoms with Crippen LogP contribution in [0.5, 0.6) is 5.75 Å². The number of carbonyl (C=O) groups excluding carboxylic acids is 1. The standard InChI is InChI=1S/C34H38N2O3/c1-20-19-27-24(11-13-26(36-27)22-9-7-6-8-10-22)31(29(20)33(21(2)37)39-34(3,4)5)25-12-14-28-30-23(16-18-38-28)15-17-35-32(25)30/h11-15,17,19,22,33H,6-10,16,18H2,1-5H3/t33-/m1/s1. The molecule has 4 aromatic rings. The van der Waals surface area contributed by atoms with Crippen LogP contribution in [-0.2, 0) is 16.0 Å². The van der Waals surface area contributed by atoms with Crippen molar-refractivity contribution in [3.8, 4) is 16.9 Å². The van der Waals surface area contributed by atoms with Gasteiger partial charge in [-0.3, -0.25) is 14.8 Å². The van der Waals surface area contributed by atoms with Gasteiger partial charge in [-0.1, -0.05) is 25.3 Å². The molecule has 3 heterocycles. The minimum Gasteiger partial charge on any atom is -0.493 e. The summed E-state index contributed by atoms with van der Waals surface area (Å²) < 4.78 is 12.5. The summed E-state index contributed by atoms with van der Waals surface area (Å²) in [5, 5.41) is 2.09. The Kier molecular flexibility index (Phi) is 6.66. The van der Waals surface area contributed by atoms with E-state index in [1.54, 1.807) is 6.92 Å². The van der Waals surface area contributed by atoms with Crippen LogP contribution in [0.15, 0.2) is 42.6 Å². The quantitative estimate of drug-likeness (QED) is 0.264. The molecular weight excluding hydrogens is 484 g/mol. The van der Waals surface area contributed by atoms with Gasteiger partial charge in [-0.05, 0) is 100 Å². The molecule has 0 radical (unpaired) electrons. The third kappa shape index (κ3) is 4.82. The molecule has 0 bridgehead atoms. The van der Waals surface area contributed by atoms with Gasteiger partial charge in [-0.2, -0.15) is 0 Å². The Morgan fingerprint density at radius 2 is 1.87 bits per heavy atom. The molecule has 6 rings (SSSR count). The van der Waals surface area contributed by atoms with Crippen LogP contribution in [0.1, 0.15) is 94.2 Å². The average Bonchev–Trinajstić information content (AvgIpc) is 2.91. The summed E-state index contributed by atoms with van der Waals surface area (Å²) in [6.45, 7) is 10.4. The summed E-state index contributed by atoms with van der Waals surface area (Å²) in [4.78, 5) is 23.3. The van der Waals surface area contributed by atoms with Crippen LogP contribution < -0.4 is 4.74 Å². The number of ketones is 1. The molecule has 1 aliphatic heterocycles. The van der Waals surface area contributed by atoms with Crippen LogP contribution in [0.2, 0.25) is 0 Å². The van der Waals surface area contributed by atoms with E-state index in [0.29, 0.717) is 12.5 Å². The van der Waals surface area contributed by atoms with Crippen molar-refractivity contribution in [1.29, 1.82) is 0 Å². The smallest absolute Gasteiger partial charge is 0.163 e. The van der Waals surface area contributed by atoms with Crippen molar-refractivity contribution in [1.82, 2.24) is 9.97 Å². The van der Waals surface area contributed by atoms with Gasteiger partial charge in [0.1, 0.15) is 11.9 Å². The summed E-state index contributed by atoms with van der Waals surface area (Å²) in [6, 6.07) is 12.8. The maximum absolute atomic E-state index is 13.2. The van der Waals surface area contributed by atoms with E-state index in [4.69, 9.17) is 19.4 Å². The number of hydrogen-bond donors (Lipinski definition) is 0. The minimum absolute atomic E-state index is 0.0144. The Morgan fingerprint density at radius 3 is 2.62 bits per heavy atom. The summed E-state index contributed by atoms with van der Waals surface area (Å²) in [7, 11) is 0. The number of aromatic nitrogens is 2. The van der Waals surface area contributed by atoms with E-state index in [1.807, 2.05) is 27.0 Å². The van der Waals surface area contributed by atoms with E-state index in [1.165, 1.54) is 43.4 Å². The van der Waals surface area contributed by atoms with Crippen molar-refractivity contribution < 1.29 is 14.3 Å². The van der Waals surface area contributed by atoms with E-state index >= 15 is 0 Å². The van der Waals surface area contributed by atoms with Gasteiger partial charge < -0.3 is 9.47 Å². The van der Waals surface area contributed by atoms with Crippen molar-refractivity contribution >= 4 is 27.6 Å². The van der Waals surface area contributed by atoms with Gasteiger partial charge in [0.2, 0.25) is 0 Å². The summed E-state index contributed by atoms with van der Waals surface area (Å²) in [5.74, 6) is 1.37. The van der Waals surface area contributed by atoms with Crippen molar-refractivity contribution in [2.75, 3.05) is 6.61 Å². The first kappa shape index (κ1) is 25.9. The second kappa shape index (κ2) is 10.0. The van der Waals surface area contributed by atoms with Gasteiger partial charge in [-0.15, -0.1) is 0 Å². The largest absolute Gasteiger partial charge is 0.493 e. The van der Waals surface area contributed by atoms with Gasteiger partial charge in [0.25, 0.3) is 0 Å².